The first-order chi connectivity index (χ1) is 6.84. The molecule has 1 aromatic heterocycles. The van der Waals surface area contributed by atoms with E-state index >= 15 is 0 Å². The first-order valence-corrected chi connectivity index (χ1v) is 6.00. The van der Waals surface area contributed by atoms with Gasteiger partial charge in [0.2, 0.25) is 0 Å². The summed E-state index contributed by atoms with van der Waals surface area (Å²) in [6.45, 7) is 1.04. The molecule has 0 unspecified atom stereocenters. The zero-order valence-corrected chi connectivity index (χ0v) is 9.76. The summed E-state index contributed by atoms with van der Waals surface area (Å²) >= 11 is 3.35. The van der Waals surface area contributed by atoms with E-state index in [1.807, 2.05) is 18.2 Å². The standard InChI is InChI=1S/C11H15BrN2/c12-10-4-1-5-11(14-10)13-8-2-3-9-6-7-9/h1,4-5,9H,2-3,6-8H2,(H,13,14). The predicted molar refractivity (Wildman–Crippen MR) is 62.4 cm³/mol. The molecule has 1 heterocycles. The number of nitrogens with one attached hydrogen (secondary N) is 1. The first-order valence-electron chi connectivity index (χ1n) is 5.21. The van der Waals surface area contributed by atoms with Crippen LogP contribution in [0.2, 0.25) is 0 Å². The number of pyridine rings is 1. The number of nitrogens with zero attached hydrogens (tertiary/aromatic N) is 1. The lowest BCUT2D eigenvalue weighted by Crippen LogP contribution is -2.03. The van der Waals surface area contributed by atoms with Crippen molar-refractivity contribution in [1.82, 2.24) is 4.98 Å². The highest BCUT2D eigenvalue weighted by atomic mass is 79.9. The number of hydrogen-bond acceptors (Lipinski definition) is 2. The maximum atomic E-state index is 4.31. The molecule has 3 heteroatoms. The molecular weight excluding hydrogens is 240 g/mol. The fourth-order valence-electron chi connectivity index (χ4n) is 1.52. The highest BCUT2D eigenvalue weighted by Gasteiger charge is 2.19. The molecule has 0 radical (unpaired) electrons. The van der Waals surface area contributed by atoms with Crippen molar-refractivity contribution < 1.29 is 0 Å². The Hall–Kier alpha value is -0.570. The average Bonchev–Trinajstić information content (AvgIpc) is 2.96. The topological polar surface area (TPSA) is 24.9 Å². The van der Waals surface area contributed by atoms with Gasteiger partial charge in [-0.25, -0.2) is 4.98 Å². The highest BCUT2D eigenvalue weighted by molar-refractivity contribution is 9.10. The summed E-state index contributed by atoms with van der Waals surface area (Å²) in [5, 5.41) is 3.33. The third kappa shape index (κ3) is 3.29. The molecule has 1 aliphatic rings. The Morgan fingerprint density at radius 2 is 2.29 bits per heavy atom. The Labute approximate surface area is 93.3 Å². The summed E-state index contributed by atoms with van der Waals surface area (Å²) in [6.07, 6.45) is 5.55. The van der Waals surface area contributed by atoms with Crippen molar-refractivity contribution in [3.05, 3.63) is 22.8 Å². The fraction of sp³-hybridized carbons (Fsp3) is 0.545. The molecule has 14 heavy (non-hydrogen) atoms. The molecule has 0 atom stereocenters. The van der Waals surface area contributed by atoms with Gasteiger partial charge in [-0.15, -0.1) is 0 Å². The van der Waals surface area contributed by atoms with Crippen LogP contribution in [0.1, 0.15) is 25.7 Å². The van der Waals surface area contributed by atoms with E-state index in [1.54, 1.807) is 0 Å². The molecule has 1 saturated carbocycles. The van der Waals surface area contributed by atoms with Gasteiger partial charge in [0, 0.05) is 6.54 Å². The van der Waals surface area contributed by atoms with Crippen molar-refractivity contribution >= 4 is 21.7 Å². The largest absolute Gasteiger partial charge is 0.370 e. The zero-order chi connectivity index (χ0) is 9.80. The summed E-state index contributed by atoms with van der Waals surface area (Å²) in [4.78, 5) is 4.31. The molecule has 1 fully saturated rings. The van der Waals surface area contributed by atoms with E-state index in [4.69, 9.17) is 0 Å². The van der Waals surface area contributed by atoms with Gasteiger partial charge in [0.25, 0.3) is 0 Å². The molecule has 1 aliphatic carbocycles. The molecule has 2 rings (SSSR count). The Morgan fingerprint density at radius 3 is 3.00 bits per heavy atom. The molecule has 0 amide bonds. The summed E-state index contributed by atoms with van der Waals surface area (Å²) < 4.78 is 0.893. The van der Waals surface area contributed by atoms with E-state index < -0.39 is 0 Å². The summed E-state index contributed by atoms with van der Waals surface area (Å²) in [7, 11) is 0. The molecule has 0 saturated heterocycles. The molecule has 0 aliphatic heterocycles. The van der Waals surface area contributed by atoms with Gasteiger partial charge in [-0.1, -0.05) is 18.9 Å². The molecular formula is C11H15BrN2. The van der Waals surface area contributed by atoms with Crippen LogP contribution in [-0.4, -0.2) is 11.5 Å². The molecule has 1 N–H and O–H groups in total. The predicted octanol–water partition coefficient (Wildman–Crippen LogP) is 3.45. The Morgan fingerprint density at radius 1 is 1.43 bits per heavy atom. The van der Waals surface area contributed by atoms with Gasteiger partial charge in [-0.3, -0.25) is 0 Å². The third-order valence-electron chi connectivity index (χ3n) is 2.51. The summed E-state index contributed by atoms with van der Waals surface area (Å²) in [5.41, 5.74) is 0. The van der Waals surface area contributed by atoms with E-state index in [-0.39, 0.29) is 0 Å². The van der Waals surface area contributed by atoms with Crippen molar-refractivity contribution in [2.24, 2.45) is 5.92 Å². The van der Waals surface area contributed by atoms with E-state index in [9.17, 15) is 0 Å². The second-order valence-electron chi connectivity index (χ2n) is 3.86. The van der Waals surface area contributed by atoms with Gasteiger partial charge in [0.1, 0.15) is 10.4 Å². The lowest BCUT2D eigenvalue weighted by atomic mass is 10.2. The third-order valence-corrected chi connectivity index (χ3v) is 2.95. The fourth-order valence-corrected chi connectivity index (χ4v) is 1.86. The van der Waals surface area contributed by atoms with Crippen LogP contribution in [0.4, 0.5) is 5.82 Å². The second-order valence-corrected chi connectivity index (χ2v) is 4.67. The molecule has 0 spiro atoms. The Bertz CT molecular complexity index is 297. The minimum atomic E-state index is 0.893. The van der Waals surface area contributed by atoms with Crippen LogP contribution < -0.4 is 5.32 Å². The van der Waals surface area contributed by atoms with Gasteiger partial charge in [-0.2, -0.15) is 0 Å². The van der Waals surface area contributed by atoms with Gasteiger partial charge in [0.15, 0.2) is 0 Å². The smallest absolute Gasteiger partial charge is 0.127 e. The van der Waals surface area contributed by atoms with Crippen molar-refractivity contribution in [1.29, 1.82) is 0 Å². The van der Waals surface area contributed by atoms with Gasteiger partial charge in [-0.05, 0) is 46.8 Å². The van der Waals surface area contributed by atoms with Crippen LogP contribution in [0, 0.1) is 5.92 Å². The first kappa shape index (κ1) is 9.97. The maximum absolute atomic E-state index is 4.31. The van der Waals surface area contributed by atoms with Crippen LogP contribution in [-0.2, 0) is 0 Å². The van der Waals surface area contributed by atoms with E-state index in [2.05, 4.69) is 26.2 Å². The number of anilines is 1. The minimum Gasteiger partial charge on any atom is -0.370 e. The van der Waals surface area contributed by atoms with Crippen molar-refractivity contribution in [3.63, 3.8) is 0 Å². The minimum absolute atomic E-state index is 0.893. The van der Waals surface area contributed by atoms with Crippen LogP contribution in [0.3, 0.4) is 0 Å². The SMILES string of the molecule is Brc1cccc(NCCCC2CC2)n1. The number of hydrogen-bond donors (Lipinski definition) is 1. The monoisotopic (exact) mass is 254 g/mol. The molecule has 0 bridgehead atoms. The van der Waals surface area contributed by atoms with Gasteiger partial charge >= 0.3 is 0 Å². The number of halogens is 1. The zero-order valence-electron chi connectivity index (χ0n) is 8.17. The molecule has 76 valence electrons. The summed E-state index contributed by atoms with van der Waals surface area (Å²) in [6, 6.07) is 5.94. The Balaban J connectivity index is 1.68. The van der Waals surface area contributed by atoms with Crippen molar-refractivity contribution in [2.45, 2.75) is 25.7 Å². The van der Waals surface area contributed by atoms with Crippen LogP contribution in [0.5, 0.6) is 0 Å². The number of rotatable bonds is 5. The normalized spacial score (nSPS) is 15.5. The van der Waals surface area contributed by atoms with E-state index in [1.165, 1.54) is 25.7 Å². The molecule has 0 aromatic carbocycles. The van der Waals surface area contributed by atoms with E-state index in [0.29, 0.717) is 0 Å². The second kappa shape index (κ2) is 4.78. The lowest BCUT2D eigenvalue weighted by Gasteiger charge is -2.04. The van der Waals surface area contributed by atoms with Gasteiger partial charge < -0.3 is 5.32 Å². The molecule has 2 nitrogen and oxygen atoms in total. The molecule has 1 aromatic rings. The quantitative estimate of drug-likeness (QED) is 0.644. The van der Waals surface area contributed by atoms with E-state index in [0.717, 1.165) is 22.9 Å². The summed E-state index contributed by atoms with van der Waals surface area (Å²) in [5.74, 6) is 2.00. The average molecular weight is 255 g/mol. The lowest BCUT2D eigenvalue weighted by molar-refractivity contribution is 0.686. The highest BCUT2D eigenvalue weighted by Crippen LogP contribution is 2.33. The Kier molecular flexibility index (Phi) is 3.40. The number of aromatic nitrogens is 1. The van der Waals surface area contributed by atoms with Crippen molar-refractivity contribution in [3.8, 4) is 0 Å². The van der Waals surface area contributed by atoms with Crippen molar-refractivity contribution in [2.75, 3.05) is 11.9 Å². The van der Waals surface area contributed by atoms with Crippen LogP contribution >= 0.6 is 15.9 Å². The maximum Gasteiger partial charge on any atom is 0.127 e. The van der Waals surface area contributed by atoms with Gasteiger partial charge in [0.05, 0.1) is 0 Å². The van der Waals surface area contributed by atoms with Crippen LogP contribution in [0.25, 0.3) is 0 Å². The van der Waals surface area contributed by atoms with Crippen LogP contribution in [0.15, 0.2) is 22.8 Å².